The number of carbonyl (C=O) groups excluding carboxylic acids is 1. The maximum absolute atomic E-state index is 12.1. The molecule has 5 nitrogen and oxygen atoms in total. The third-order valence-electron chi connectivity index (χ3n) is 3.99. The summed E-state index contributed by atoms with van der Waals surface area (Å²) in [4.78, 5) is 16.3. The van der Waals surface area contributed by atoms with E-state index in [9.17, 15) is 4.79 Å². The van der Waals surface area contributed by atoms with Crippen LogP contribution in [-0.4, -0.2) is 27.5 Å². The molecule has 106 valence electrons. The molecule has 1 aliphatic rings. The lowest BCUT2D eigenvalue weighted by Gasteiger charge is -2.23. The predicted molar refractivity (Wildman–Crippen MR) is 74.5 cm³/mol. The fourth-order valence-electron chi connectivity index (χ4n) is 2.67. The average Bonchev–Trinajstić information content (AvgIpc) is 2.97. The second-order valence-corrected chi connectivity index (χ2v) is 5.81. The Hall–Kier alpha value is -1.36. The number of nitrogens with one attached hydrogen (secondary N) is 1. The first-order valence-electron chi connectivity index (χ1n) is 7.06. The van der Waals surface area contributed by atoms with Crippen molar-refractivity contribution in [3.05, 3.63) is 18.2 Å². The summed E-state index contributed by atoms with van der Waals surface area (Å²) in [6, 6.07) is 0. The summed E-state index contributed by atoms with van der Waals surface area (Å²) in [6.07, 6.45) is 7.52. The van der Waals surface area contributed by atoms with E-state index in [1.165, 1.54) is 0 Å². The Morgan fingerprint density at radius 1 is 1.58 bits per heavy atom. The SMILES string of the molecule is Cc1nccn1CC(C)CNC(=O)C1(N)CCCC1. The van der Waals surface area contributed by atoms with Crippen molar-refractivity contribution in [3.63, 3.8) is 0 Å². The van der Waals surface area contributed by atoms with Gasteiger partial charge in [0.25, 0.3) is 0 Å². The molecular formula is C14H24N4O. The second-order valence-electron chi connectivity index (χ2n) is 5.81. The Kier molecular flexibility index (Phi) is 4.24. The molecule has 1 heterocycles. The molecule has 1 aromatic rings. The smallest absolute Gasteiger partial charge is 0.240 e. The van der Waals surface area contributed by atoms with Gasteiger partial charge in [-0.3, -0.25) is 4.79 Å². The highest BCUT2D eigenvalue weighted by molar-refractivity contribution is 5.86. The van der Waals surface area contributed by atoms with Gasteiger partial charge >= 0.3 is 0 Å². The first-order valence-corrected chi connectivity index (χ1v) is 7.06. The molecule has 3 N–H and O–H groups in total. The summed E-state index contributed by atoms with van der Waals surface area (Å²) < 4.78 is 2.10. The van der Waals surface area contributed by atoms with E-state index in [0.29, 0.717) is 12.5 Å². The molecule has 0 radical (unpaired) electrons. The minimum Gasteiger partial charge on any atom is -0.354 e. The van der Waals surface area contributed by atoms with Gasteiger partial charge in [0.15, 0.2) is 0 Å². The number of amides is 1. The highest BCUT2D eigenvalue weighted by atomic mass is 16.2. The lowest BCUT2D eigenvalue weighted by Crippen LogP contribution is -2.52. The number of carbonyl (C=O) groups is 1. The molecule has 0 spiro atoms. The number of nitrogens with zero attached hydrogens (tertiary/aromatic N) is 2. The zero-order chi connectivity index (χ0) is 13.9. The third kappa shape index (κ3) is 3.35. The van der Waals surface area contributed by atoms with Crippen LogP contribution < -0.4 is 11.1 Å². The monoisotopic (exact) mass is 264 g/mol. The number of nitrogens with two attached hydrogens (primary N) is 1. The largest absolute Gasteiger partial charge is 0.354 e. The molecule has 1 amide bonds. The van der Waals surface area contributed by atoms with Gasteiger partial charge < -0.3 is 15.6 Å². The van der Waals surface area contributed by atoms with Crippen LogP contribution in [-0.2, 0) is 11.3 Å². The standard InChI is InChI=1S/C14H24N4O/c1-11(10-18-8-7-16-12(18)2)9-17-13(19)14(15)5-3-4-6-14/h7-8,11H,3-6,9-10,15H2,1-2H3,(H,17,19). The lowest BCUT2D eigenvalue weighted by molar-refractivity contribution is -0.126. The third-order valence-corrected chi connectivity index (χ3v) is 3.99. The number of rotatable bonds is 5. The normalized spacial score (nSPS) is 19.3. The number of aromatic nitrogens is 2. The van der Waals surface area contributed by atoms with E-state index in [0.717, 1.165) is 38.1 Å². The topological polar surface area (TPSA) is 72.9 Å². The zero-order valence-electron chi connectivity index (χ0n) is 11.9. The fourth-order valence-corrected chi connectivity index (χ4v) is 2.67. The van der Waals surface area contributed by atoms with Crippen molar-refractivity contribution < 1.29 is 4.79 Å². The Morgan fingerprint density at radius 3 is 2.84 bits per heavy atom. The fraction of sp³-hybridized carbons (Fsp3) is 0.714. The first-order chi connectivity index (χ1) is 9.01. The second kappa shape index (κ2) is 5.74. The highest BCUT2D eigenvalue weighted by Crippen LogP contribution is 2.27. The molecule has 0 aromatic carbocycles. The van der Waals surface area contributed by atoms with Crippen LogP contribution in [0.25, 0.3) is 0 Å². The number of hydrogen-bond donors (Lipinski definition) is 2. The Bertz CT molecular complexity index is 434. The van der Waals surface area contributed by atoms with Crippen molar-refractivity contribution in [3.8, 4) is 0 Å². The summed E-state index contributed by atoms with van der Waals surface area (Å²) in [6.45, 7) is 5.63. The summed E-state index contributed by atoms with van der Waals surface area (Å²) in [5, 5.41) is 3.00. The molecule has 19 heavy (non-hydrogen) atoms. The van der Waals surface area contributed by atoms with Gasteiger partial charge in [-0.2, -0.15) is 0 Å². The van der Waals surface area contributed by atoms with E-state index >= 15 is 0 Å². The van der Waals surface area contributed by atoms with Crippen LogP contribution in [0.3, 0.4) is 0 Å². The molecule has 1 atom stereocenters. The predicted octanol–water partition coefficient (Wildman–Crippen LogP) is 1.22. The van der Waals surface area contributed by atoms with Crippen molar-refractivity contribution in [2.75, 3.05) is 6.54 Å². The van der Waals surface area contributed by atoms with Crippen LogP contribution >= 0.6 is 0 Å². The molecule has 0 aliphatic heterocycles. The van der Waals surface area contributed by atoms with Crippen molar-refractivity contribution >= 4 is 5.91 Å². The van der Waals surface area contributed by atoms with Gasteiger partial charge in [-0.15, -0.1) is 0 Å². The van der Waals surface area contributed by atoms with E-state index in [1.807, 2.05) is 13.1 Å². The van der Waals surface area contributed by atoms with Gasteiger partial charge in [0, 0.05) is 25.5 Å². The van der Waals surface area contributed by atoms with E-state index < -0.39 is 5.54 Å². The van der Waals surface area contributed by atoms with Gasteiger partial charge in [-0.05, 0) is 25.7 Å². The Balaban J connectivity index is 1.79. The van der Waals surface area contributed by atoms with Crippen LogP contribution in [0.1, 0.15) is 38.4 Å². The van der Waals surface area contributed by atoms with Crippen LogP contribution in [0, 0.1) is 12.8 Å². The molecule has 1 aliphatic carbocycles. The van der Waals surface area contributed by atoms with Crippen molar-refractivity contribution in [2.24, 2.45) is 11.7 Å². The minimum absolute atomic E-state index is 0.0132. The van der Waals surface area contributed by atoms with Crippen LogP contribution in [0.2, 0.25) is 0 Å². The van der Waals surface area contributed by atoms with E-state index in [1.54, 1.807) is 6.20 Å². The van der Waals surface area contributed by atoms with Crippen molar-refractivity contribution in [1.29, 1.82) is 0 Å². The lowest BCUT2D eigenvalue weighted by atomic mass is 9.98. The van der Waals surface area contributed by atoms with Crippen LogP contribution in [0.15, 0.2) is 12.4 Å². The minimum atomic E-state index is -0.620. The van der Waals surface area contributed by atoms with Gasteiger partial charge in [0.2, 0.25) is 5.91 Å². The Labute approximate surface area is 114 Å². The van der Waals surface area contributed by atoms with E-state index in [4.69, 9.17) is 5.73 Å². The molecule has 1 aromatic heterocycles. The molecule has 1 unspecified atom stereocenters. The number of hydrogen-bond acceptors (Lipinski definition) is 3. The van der Waals surface area contributed by atoms with Gasteiger partial charge in [0.1, 0.15) is 5.82 Å². The van der Waals surface area contributed by atoms with Gasteiger partial charge in [-0.1, -0.05) is 19.8 Å². The first kappa shape index (κ1) is 14.1. The van der Waals surface area contributed by atoms with Crippen LogP contribution in [0.5, 0.6) is 0 Å². The molecule has 1 fully saturated rings. The number of aryl methyl sites for hydroxylation is 1. The Morgan fingerprint density at radius 2 is 2.26 bits per heavy atom. The molecule has 1 saturated carbocycles. The summed E-state index contributed by atoms with van der Waals surface area (Å²) in [5.41, 5.74) is 5.50. The quantitative estimate of drug-likeness (QED) is 0.839. The van der Waals surface area contributed by atoms with E-state index in [2.05, 4.69) is 21.8 Å². The molecule has 5 heteroatoms. The van der Waals surface area contributed by atoms with Crippen molar-refractivity contribution in [1.82, 2.24) is 14.9 Å². The molecular weight excluding hydrogens is 240 g/mol. The van der Waals surface area contributed by atoms with Crippen molar-refractivity contribution in [2.45, 2.75) is 51.6 Å². The van der Waals surface area contributed by atoms with Gasteiger partial charge in [-0.25, -0.2) is 4.98 Å². The molecule has 0 saturated heterocycles. The zero-order valence-corrected chi connectivity index (χ0v) is 11.9. The van der Waals surface area contributed by atoms with Gasteiger partial charge in [0.05, 0.1) is 5.54 Å². The number of imidazole rings is 1. The summed E-state index contributed by atoms with van der Waals surface area (Å²) in [7, 11) is 0. The maximum atomic E-state index is 12.1. The van der Waals surface area contributed by atoms with Crippen LogP contribution in [0.4, 0.5) is 0 Å². The maximum Gasteiger partial charge on any atom is 0.240 e. The molecule has 0 bridgehead atoms. The summed E-state index contributed by atoms with van der Waals surface area (Å²) >= 11 is 0. The molecule has 2 rings (SSSR count). The average molecular weight is 264 g/mol. The van der Waals surface area contributed by atoms with E-state index in [-0.39, 0.29) is 5.91 Å². The highest BCUT2D eigenvalue weighted by Gasteiger charge is 2.36. The summed E-state index contributed by atoms with van der Waals surface area (Å²) in [5.74, 6) is 1.38.